The summed E-state index contributed by atoms with van der Waals surface area (Å²) in [5.41, 5.74) is 3.19. The lowest BCUT2D eigenvalue weighted by molar-refractivity contribution is 0.225. The molecule has 1 aromatic rings. The van der Waals surface area contributed by atoms with Crippen molar-refractivity contribution in [2.24, 2.45) is 0 Å². The summed E-state index contributed by atoms with van der Waals surface area (Å²) >= 11 is 0. The maximum atomic E-state index is 2.66. The number of nitrogens with zero attached hydrogens (tertiary/aromatic N) is 1. The SMILES string of the molecule is C[C@@H]1CN2CCC[C@@H]2c2ccccc21. The Morgan fingerprint density at radius 1 is 1.21 bits per heavy atom. The predicted molar refractivity (Wildman–Crippen MR) is 58.4 cm³/mol. The monoisotopic (exact) mass is 187 g/mol. The number of hydrogen-bond donors (Lipinski definition) is 0. The molecule has 1 fully saturated rings. The first-order valence-electron chi connectivity index (χ1n) is 5.69. The van der Waals surface area contributed by atoms with E-state index in [2.05, 4.69) is 36.1 Å². The summed E-state index contributed by atoms with van der Waals surface area (Å²) in [7, 11) is 0. The number of rotatable bonds is 0. The van der Waals surface area contributed by atoms with Gasteiger partial charge in [-0.1, -0.05) is 31.2 Å². The van der Waals surface area contributed by atoms with Crippen LogP contribution in [-0.2, 0) is 0 Å². The molecule has 1 nitrogen and oxygen atoms in total. The molecule has 0 bridgehead atoms. The van der Waals surface area contributed by atoms with Gasteiger partial charge in [-0.2, -0.15) is 0 Å². The summed E-state index contributed by atoms with van der Waals surface area (Å²) in [6.07, 6.45) is 2.75. The van der Waals surface area contributed by atoms with Gasteiger partial charge < -0.3 is 0 Å². The minimum atomic E-state index is 0.723. The molecule has 3 rings (SSSR count). The molecular formula is C13H17N. The molecule has 1 saturated heterocycles. The summed E-state index contributed by atoms with van der Waals surface area (Å²) in [6.45, 7) is 4.93. The van der Waals surface area contributed by atoms with Crippen molar-refractivity contribution >= 4 is 0 Å². The average molecular weight is 187 g/mol. The molecule has 1 heteroatoms. The third-order valence-electron chi connectivity index (χ3n) is 3.76. The van der Waals surface area contributed by atoms with E-state index in [9.17, 15) is 0 Å². The fourth-order valence-corrected chi connectivity index (χ4v) is 3.11. The number of hydrogen-bond acceptors (Lipinski definition) is 1. The van der Waals surface area contributed by atoms with Crippen LogP contribution < -0.4 is 0 Å². The molecule has 0 radical (unpaired) electrons. The largest absolute Gasteiger partial charge is 0.296 e. The molecule has 1 aromatic carbocycles. The van der Waals surface area contributed by atoms with Crippen molar-refractivity contribution < 1.29 is 0 Å². The van der Waals surface area contributed by atoms with E-state index in [1.54, 1.807) is 11.1 Å². The van der Waals surface area contributed by atoms with E-state index in [1.165, 1.54) is 25.9 Å². The smallest absolute Gasteiger partial charge is 0.0351 e. The molecule has 0 aliphatic carbocycles. The third-order valence-corrected chi connectivity index (χ3v) is 3.76. The first kappa shape index (κ1) is 8.49. The van der Waals surface area contributed by atoms with Crippen molar-refractivity contribution in [2.45, 2.75) is 31.7 Å². The fourth-order valence-electron chi connectivity index (χ4n) is 3.11. The molecule has 2 atom stereocenters. The Kier molecular flexibility index (Phi) is 1.88. The molecule has 0 saturated carbocycles. The Bertz CT molecular complexity index is 345. The second-order valence-corrected chi connectivity index (χ2v) is 4.68. The first-order chi connectivity index (χ1) is 6.86. The zero-order chi connectivity index (χ0) is 9.54. The van der Waals surface area contributed by atoms with Gasteiger partial charge >= 0.3 is 0 Å². The molecule has 14 heavy (non-hydrogen) atoms. The number of fused-ring (bicyclic) bond motifs is 3. The van der Waals surface area contributed by atoms with E-state index in [4.69, 9.17) is 0 Å². The highest BCUT2D eigenvalue weighted by Gasteiger charge is 2.33. The van der Waals surface area contributed by atoms with Crippen LogP contribution in [0.15, 0.2) is 24.3 Å². The molecule has 0 aromatic heterocycles. The summed E-state index contributed by atoms with van der Waals surface area (Å²) in [4.78, 5) is 2.66. The zero-order valence-corrected chi connectivity index (χ0v) is 8.74. The fraction of sp³-hybridized carbons (Fsp3) is 0.538. The van der Waals surface area contributed by atoms with Crippen molar-refractivity contribution in [3.63, 3.8) is 0 Å². The quantitative estimate of drug-likeness (QED) is 0.603. The highest BCUT2D eigenvalue weighted by molar-refractivity contribution is 5.35. The Hall–Kier alpha value is -0.820. The van der Waals surface area contributed by atoms with Crippen molar-refractivity contribution in [1.29, 1.82) is 0 Å². The van der Waals surface area contributed by atoms with E-state index >= 15 is 0 Å². The van der Waals surface area contributed by atoms with Crippen molar-refractivity contribution in [2.75, 3.05) is 13.1 Å². The van der Waals surface area contributed by atoms with Crippen molar-refractivity contribution in [3.8, 4) is 0 Å². The topological polar surface area (TPSA) is 3.24 Å². The zero-order valence-electron chi connectivity index (χ0n) is 8.74. The molecule has 0 amide bonds. The normalized spacial score (nSPS) is 31.2. The van der Waals surface area contributed by atoms with Crippen molar-refractivity contribution in [3.05, 3.63) is 35.4 Å². The van der Waals surface area contributed by atoms with E-state index in [-0.39, 0.29) is 0 Å². The molecule has 0 spiro atoms. The van der Waals surface area contributed by atoms with Gasteiger partial charge in [0.15, 0.2) is 0 Å². The van der Waals surface area contributed by atoms with Gasteiger partial charge in [0.25, 0.3) is 0 Å². The molecular weight excluding hydrogens is 170 g/mol. The summed E-state index contributed by atoms with van der Waals surface area (Å²) < 4.78 is 0. The van der Waals surface area contributed by atoms with Gasteiger partial charge in [0, 0.05) is 12.6 Å². The Morgan fingerprint density at radius 2 is 2.00 bits per heavy atom. The molecule has 0 N–H and O–H groups in total. The molecule has 2 aliphatic rings. The van der Waals surface area contributed by atoms with Crippen LogP contribution in [0.25, 0.3) is 0 Å². The van der Waals surface area contributed by atoms with Crippen LogP contribution in [-0.4, -0.2) is 18.0 Å². The highest BCUT2D eigenvalue weighted by Crippen LogP contribution is 2.41. The summed E-state index contributed by atoms with van der Waals surface area (Å²) in [5, 5.41) is 0. The minimum absolute atomic E-state index is 0.723. The standard InChI is InChI=1S/C13H17N/c1-10-9-14-8-4-7-13(14)12-6-3-2-5-11(10)12/h2-3,5-6,10,13H,4,7-9H2,1H3/t10-,13-/m1/s1. The molecule has 2 heterocycles. The van der Waals surface area contributed by atoms with E-state index in [0.29, 0.717) is 0 Å². The van der Waals surface area contributed by atoms with Gasteiger partial charge in [-0.15, -0.1) is 0 Å². The van der Waals surface area contributed by atoms with Gasteiger partial charge in [-0.3, -0.25) is 4.90 Å². The van der Waals surface area contributed by atoms with Gasteiger partial charge in [0.05, 0.1) is 0 Å². The lowest BCUT2D eigenvalue weighted by Gasteiger charge is -2.35. The molecule has 74 valence electrons. The van der Waals surface area contributed by atoms with Crippen molar-refractivity contribution in [1.82, 2.24) is 4.90 Å². The Balaban J connectivity index is 2.09. The van der Waals surface area contributed by atoms with Gasteiger partial charge in [0.2, 0.25) is 0 Å². The minimum Gasteiger partial charge on any atom is -0.296 e. The van der Waals surface area contributed by atoms with E-state index in [0.717, 1.165) is 12.0 Å². The highest BCUT2D eigenvalue weighted by atomic mass is 15.2. The number of benzene rings is 1. The maximum Gasteiger partial charge on any atom is 0.0351 e. The van der Waals surface area contributed by atoms with Crippen LogP contribution in [0, 0.1) is 0 Å². The second-order valence-electron chi connectivity index (χ2n) is 4.68. The Morgan fingerprint density at radius 3 is 2.86 bits per heavy atom. The van der Waals surface area contributed by atoms with Gasteiger partial charge in [-0.05, 0) is 36.4 Å². The molecule has 2 aliphatic heterocycles. The van der Waals surface area contributed by atoms with Crippen LogP contribution in [0.5, 0.6) is 0 Å². The predicted octanol–water partition coefficient (Wildman–Crippen LogP) is 2.94. The van der Waals surface area contributed by atoms with Crippen LogP contribution in [0.2, 0.25) is 0 Å². The van der Waals surface area contributed by atoms with Gasteiger partial charge in [-0.25, -0.2) is 0 Å². The van der Waals surface area contributed by atoms with Gasteiger partial charge in [0.1, 0.15) is 0 Å². The molecule has 0 unspecified atom stereocenters. The summed E-state index contributed by atoms with van der Waals surface area (Å²) in [5.74, 6) is 0.723. The van der Waals surface area contributed by atoms with E-state index in [1.807, 2.05) is 0 Å². The maximum absolute atomic E-state index is 2.66. The Labute approximate surface area is 85.7 Å². The van der Waals surface area contributed by atoms with Crippen LogP contribution in [0.4, 0.5) is 0 Å². The summed E-state index contributed by atoms with van der Waals surface area (Å²) in [6, 6.07) is 9.75. The van der Waals surface area contributed by atoms with Crippen LogP contribution in [0.1, 0.15) is 42.9 Å². The first-order valence-corrected chi connectivity index (χ1v) is 5.69. The third kappa shape index (κ3) is 1.12. The van der Waals surface area contributed by atoms with E-state index < -0.39 is 0 Å². The lowest BCUT2D eigenvalue weighted by atomic mass is 9.87. The van der Waals surface area contributed by atoms with Crippen LogP contribution in [0.3, 0.4) is 0 Å². The second kappa shape index (κ2) is 3.09. The van der Waals surface area contributed by atoms with Crippen LogP contribution >= 0.6 is 0 Å². The average Bonchev–Trinajstić information content (AvgIpc) is 2.66. The lowest BCUT2D eigenvalue weighted by Crippen LogP contribution is -2.32.